The molecule has 6 heteroatoms. The van der Waals surface area contributed by atoms with Crippen molar-refractivity contribution in [3.05, 3.63) is 0 Å². The van der Waals surface area contributed by atoms with E-state index in [0.717, 1.165) is 38.0 Å². The predicted molar refractivity (Wildman–Crippen MR) is 86.1 cm³/mol. The van der Waals surface area contributed by atoms with Gasteiger partial charge in [-0.1, -0.05) is 13.3 Å². The van der Waals surface area contributed by atoms with Crippen molar-refractivity contribution in [2.45, 2.75) is 44.0 Å². The van der Waals surface area contributed by atoms with Gasteiger partial charge >= 0.3 is 0 Å². The summed E-state index contributed by atoms with van der Waals surface area (Å²) in [5.74, 6) is 1.12. The Morgan fingerprint density at radius 3 is 2.62 bits per heavy atom. The molecule has 1 saturated carbocycles. The topological polar surface area (TPSA) is 52.7 Å². The third-order valence-electron chi connectivity index (χ3n) is 3.97. The monoisotopic (exact) mass is 313 g/mol. The maximum Gasteiger partial charge on any atom is 0.243 e. The molecule has 2 atom stereocenters. The average Bonchev–Trinajstić information content (AvgIpc) is 3.19. The Morgan fingerprint density at radius 1 is 1.33 bits per heavy atom. The van der Waals surface area contributed by atoms with Crippen LogP contribution in [0.1, 0.15) is 32.6 Å². The minimum Gasteiger partial charge on any atom is -0.353 e. The zero-order chi connectivity index (χ0) is 15.4. The molecule has 0 spiro atoms. The predicted octanol–water partition coefficient (Wildman–Crippen LogP) is 1.14. The summed E-state index contributed by atoms with van der Waals surface area (Å²) >= 11 is 1.76. The molecule has 2 amide bonds. The lowest BCUT2D eigenvalue weighted by Gasteiger charge is -2.29. The molecule has 120 valence electrons. The van der Waals surface area contributed by atoms with E-state index in [9.17, 15) is 9.59 Å². The summed E-state index contributed by atoms with van der Waals surface area (Å²) < 4.78 is 0. The third-order valence-corrected chi connectivity index (χ3v) is 5.33. The van der Waals surface area contributed by atoms with E-state index in [0.29, 0.717) is 6.54 Å². The largest absolute Gasteiger partial charge is 0.353 e. The normalized spacial score (nSPS) is 25.4. The molecule has 0 aromatic carbocycles. The van der Waals surface area contributed by atoms with Crippen molar-refractivity contribution in [1.29, 1.82) is 0 Å². The van der Waals surface area contributed by atoms with Gasteiger partial charge in [-0.3, -0.25) is 9.59 Å². The van der Waals surface area contributed by atoms with Gasteiger partial charge in [0, 0.05) is 24.8 Å². The zero-order valence-corrected chi connectivity index (χ0v) is 14.1. The molecule has 1 aliphatic heterocycles. The maximum atomic E-state index is 12.5. The highest BCUT2D eigenvalue weighted by molar-refractivity contribution is 8.00. The van der Waals surface area contributed by atoms with Crippen LogP contribution in [0.15, 0.2) is 0 Å². The first-order chi connectivity index (χ1) is 10.0. The summed E-state index contributed by atoms with van der Waals surface area (Å²) in [4.78, 5) is 28.8. The Kier molecular flexibility index (Phi) is 5.93. The van der Waals surface area contributed by atoms with Gasteiger partial charge in [0.1, 0.15) is 6.04 Å². The minimum atomic E-state index is -0.276. The summed E-state index contributed by atoms with van der Waals surface area (Å²) in [6.45, 7) is 3.59. The van der Waals surface area contributed by atoms with Crippen LogP contribution in [-0.2, 0) is 9.59 Å². The number of hydrogen-bond acceptors (Lipinski definition) is 4. The average molecular weight is 313 g/mol. The van der Waals surface area contributed by atoms with Crippen LogP contribution >= 0.6 is 11.8 Å². The number of nitrogens with one attached hydrogen (secondary N) is 1. The standard InChI is InChI=1S/C15H27N3O2S/c1-4-5-13-18(15(20)11-6-7-11)12(10-21-13)14(19)16-8-9-17(2)3/h11-13H,4-10H2,1-3H3,(H,16,19). The van der Waals surface area contributed by atoms with Crippen LogP contribution in [0.25, 0.3) is 0 Å². The first kappa shape index (κ1) is 16.6. The van der Waals surface area contributed by atoms with Crippen molar-refractivity contribution in [2.24, 2.45) is 5.92 Å². The van der Waals surface area contributed by atoms with Crippen molar-refractivity contribution in [2.75, 3.05) is 32.9 Å². The van der Waals surface area contributed by atoms with Gasteiger partial charge < -0.3 is 15.1 Å². The lowest BCUT2D eigenvalue weighted by Crippen LogP contribution is -2.51. The molecule has 0 bridgehead atoms. The number of amides is 2. The zero-order valence-electron chi connectivity index (χ0n) is 13.3. The van der Waals surface area contributed by atoms with E-state index in [1.165, 1.54) is 0 Å². The van der Waals surface area contributed by atoms with Gasteiger partial charge in [0.2, 0.25) is 11.8 Å². The first-order valence-corrected chi connectivity index (χ1v) is 8.95. The van der Waals surface area contributed by atoms with E-state index in [2.05, 4.69) is 12.2 Å². The van der Waals surface area contributed by atoms with Crippen LogP contribution in [0.2, 0.25) is 0 Å². The second-order valence-electron chi connectivity index (χ2n) is 6.21. The number of carbonyl (C=O) groups is 2. The van der Waals surface area contributed by atoms with Crippen LogP contribution in [0.3, 0.4) is 0 Å². The molecule has 1 heterocycles. The van der Waals surface area contributed by atoms with E-state index in [1.807, 2.05) is 23.9 Å². The Bertz CT molecular complexity index is 385. The summed E-state index contributed by atoms with van der Waals surface area (Å²) in [7, 11) is 3.97. The summed E-state index contributed by atoms with van der Waals surface area (Å²) in [5, 5.41) is 3.16. The molecule has 2 unspecified atom stereocenters. The maximum absolute atomic E-state index is 12.5. The SMILES string of the molecule is CCCC1SCC(C(=O)NCCN(C)C)N1C(=O)C1CC1. The molecular weight excluding hydrogens is 286 g/mol. The molecule has 1 aliphatic carbocycles. The van der Waals surface area contributed by atoms with Crippen LogP contribution in [0.5, 0.6) is 0 Å². The fourth-order valence-corrected chi connectivity index (χ4v) is 4.12. The fraction of sp³-hybridized carbons (Fsp3) is 0.867. The van der Waals surface area contributed by atoms with Gasteiger partial charge in [0.05, 0.1) is 5.37 Å². The van der Waals surface area contributed by atoms with Gasteiger partial charge in [-0.05, 0) is 33.4 Å². The fourth-order valence-electron chi connectivity index (χ4n) is 2.59. The van der Waals surface area contributed by atoms with Gasteiger partial charge in [-0.25, -0.2) is 0 Å². The molecule has 5 nitrogen and oxygen atoms in total. The van der Waals surface area contributed by atoms with Crippen molar-refractivity contribution in [1.82, 2.24) is 15.1 Å². The third kappa shape index (κ3) is 4.36. The van der Waals surface area contributed by atoms with E-state index in [4.69, 9.17) is 0 Å². The van der Waals surface area contributed by atoms with Gasteiger partial charge in [-0.15, -0.1) is 11.8 Å². The summed E-state index contributed by atoms with van der Waals surface area (Å²) in [5.41, 5.74) is 0. The van der Waals surface area contributed by atoms with E-state index < -0.39 is 0 Å². The molecule has 2 aliphatic rings. The molecule has 0 aromatic heterocycles. The molecule has 2 rings (SSSR count). The Morgan fingerprint density at radius 2 is 2.05 bits per heavy atom. The van der Waals surface area contributed by atoms with Crippen LogP contribution in [-0.4, -0.2) is 66.0 Å². The van der Waals surface area contributed by atoms with Crippen molar-refractivity contribution < 1.29 is 9.59 Å². The van der Waals surface area contributed by atoms with Crippen molar-refractivity contribution >= 4 is 23.6 Å². The van der Waals surface area contributed by atoms with Crippen LogP contribution in [0, 0.1) is 5.92 Å². The van der Waals surface area contributed by atoms with Gasteiger partial charge in [0.25, 0.3) is 0 Å². The molecular formula is C15H27N3O2S. The number of hydrogen-bond donors (Lipinski definition) is 1. The smallest absolute Gasteiger partial charge is 0.243 e. The molecule has 0 aromatic rings. The lowest BCUT2D eigenvalue weighted by molar-refractivity contribution is -0.140. The Hall–Kier alpha value is -0.750. The van der Waals surface area contributed by atoms with Crippen LogP contribution in [0.4, 0.5) is 0 Å². The summed E-state index contributed by atoms with van der Waals surface area (Å²) in [6.07, 6.45) is 4.01. The lowest BCUT2D eigenvalue weighted by atomic mass is 10.2. The highest BCUT2D eigenvalue weighted by Gasteiger charge is 2.45. The molecule has 1 saturated heterocycles. The Labute approximate surface area is 131 Å². The van der Waals surface area contributed by atoms with Crippen molar-refractivity contribution in [3.8, 4) is 0 Å². The van der Waals surface area contributed by atoms with Crippen LogP contribution < -0.4 is 5.32 Å². The second-order valence-corrected chi connectivity index (χ2v) is 7.42. The number of carbonyl (C=O) groups excluding carboxylic acids is 2. The van der Waals surface area contributed by atoms with Crippen molar-refractivity contribution in [3.63, 3.8) is 0 Å². The Balaban J connectivity index is 1.95. The van der Waals surface area contributed by atoms with E-state index in [1.54, 1.807) is 11.8 Å². The summed E-state index contributed by atoms with van der Waals surface area (Å²) in [6, 6.07) is -0.276. The molecule has 2 fully saturated rings. The van der Waals surface area contributed by atoms with Gasteiger partial charge in [-0.2, -0.15) is 0 Å². The van der Waals surface area contributed by atoms with E-state index in [-0.39, 0.29) is 29.1 Å². The first-order valence-electron chi connectivity index (χ1n) is 7.90. The number of nitrogens with zero attached hydrogens (tertiary/aromatic N) is 2. The molecule has 1 N–H and O–H groups in total. The highest BCUT2D eigenvalue weighted by Crippen LogP contribution is 2.38. The van der Waals surface area contributed by atoms with Gasteiger partial charge in [0.15, 0.2) is 0 Å². The molecule has 21 heavy (non-hydrogen) atoms. The minimum absolute atomic E-state index is 0.0111. The highest BCUT2D eigenvalue weighted by atomic mass is 32.2. The number of thioether (sulfide) groups is 1. The number of likely N-dealkylation sites (N-methyl/N-ethyl adjacent to an activating group) is 1. The molecule has 0 radical (unpaired) electrons. The quantitative estimate of drug-likeness (QED) is 0.766. The number of rotatable bonds is 7. The van der Waals surface area contributed by atoms with E-state index >= 15 is 0 Å². The second kappa shape index (κ2) is 7.49.